The first kappa shape index (κ1) is 16.9. The fourth-order valence-electron chi connectivity index (χ4n) is 1.34. The van der Waals surface area contributed by atoms with Crippen molar-refractivity contribution in [2.24, 2.45) is 10.9 Å². The first-order valence-corrected chi connectivity index (χ1v) is 7.34. The number of carbonyl (C=O) groups excluding carboxylic acids is 1. The van der Waals surface area contributed by atoms with Crippen molar-refractivity contribution in [3.63, 3.8) is 0 Å². The van der Waals surface area contributed by atoms with Crippen molar-refractivity contribution in [2.75, 3.05) is 5.32 Å². The van der Waals surface area contributed by atoms with Crippen LogP contribution in [0.2, 0.25) is 0 Å². The second-order valence-electron chi connectivity index (χ2n) is 4.28. The molecule has 0 heterocycles. The van der Waals surface area contributed by atoms with E-state index in [4.69, 9.17) is 16.0 Å². The van der Waals surface area contributed by atoms with E-state index in [1.165, 1.54) is 31.2 Å². The highest BCUT2D eigenvalue weighted by Crippen LogP contribution is 2.13. The monoisotopic (exact) mass is 316 g/mol. The normalized spacial score (nSPS) is 14.0. The number of hydrogen-bond donors (Lipinski definition) is 5. The van der Waals surface area contributed by atoms with Crippen LogP contribution in [0.15, 0.2) is 29.2 Å². The van der Waals surface area contributed by atoms with Gasteiger partial charge in [0, 0.05) is 5.69 Å². The Balaban J connectivity index is 2.85. The largest absolute Gasteiger partial charge is 0.478 e. The zero-order chi connectivity index (χ0) is 16.2. The molecule has 1 aromatic carbocycles. The molecule has 1 aromatic rings. The van der Waals surface area contributed by atoms with Gasteiger partial charge in [-0.15, -0.1) is 0 Å². The van der Waals surface area contributed by atoms with Gasteiger partial charge in [-0.2, -0.15) is 0 Å². The highest BCUT2D eigenvalue weighted by molar-refractivity contribution is 7.89. The number of sulfonamides is 1. The molecule has 21 heavy (non-hydrogen) atoms. The average Bonchev–Trinajstić information content (AvgIpc) is 2.37. The number of primary sulfonamides is 1. The molecule has 1 rings (SSSR count). The van der Waals surface area contributed by atoms with Gasteiger partial charge in [-0.05, 0) is 31.2 Å². The maximum absolute atomic E-state index is 11.4. The SMILES string of the molecule is C[C@H](N)C(=O)N[C@H](Nc1ccc(S(N)(=O)=O)cc1)C(=O)O. The number of hydrogen-bond acceptors (Lipinski definition) is 6. The number of nitrogens with one attached hydrogen (secondary N) is 2. The van der Waals surface area contributed by atoms with Gasteiger partial charge in [0.25, 0.3) is 0 Å². The van der Waals surface area contributed by atoms with Crippen LogP contribution in [-0.4, -0.2) is 37.6 Å². The van der Waals surface area contributed by atoms with Crippen molar-refractivity contribution in [1.29, 1.82) is 0 Å². The molecule has 0 aromatic heterocycles. The van der Waals surface area contributed by atoms with E-state index in [0.29, 0.717) is 5.69 Å². The van der Waals surface area contributed by atoms with Crippen LogP contribution >= 0.6 is 0 Å². The van der Waals surface area contributed by atoms with Gasteiger partial charge in [0.05, 0.1) is 10.9 Å². The third-order valence-corrected chi connectivity index (χ3v) is 3.37. The number of anilines is 1. The van der Waals surface area contributed by atoms with E-state index in [0.717, 1.165) is 0 Å². The number of carboxylic acids is 1. The van der Waals surface area contributed by atoms with Crippen molar-refractivity contribution in [3.05, 3.63) is 24.3 Å². The molecule has 0 radical (unpaired) electrons. The molecular formula is C11H16N4O5S. The van der Waals surface area contributed by atoms with E-state index in [-0.39, 0.29) is 4.90 Å². The zero-order valence-electron chi connectivity index (χ0n) is 11.1. The molecule has 9 nitrogen and oxygen atoms in total. The Morgan fingerprint density at radius 1 is 1.24 bits per heavy atom. The van der Waals surface area contributed by atoms with Crippen LogP contribution in [0.25, 0.3) is 0 Å². The summed E-state index contributed by atoms with van der Waals surface area (Å²) in [5.41, 5.74) is 5.62. The summed E-state index contributed by atoms with van der Waals surface area (Å²) in [6.45, 7) is 1.41. The molecule has 0 aliphatic carbocycles. The Hall–Kier alpha value is -2.17. The fraction of sp³-hybridized carbons (Fsp3) is 0.273. The third kappa shape index (κ3) is 5.02. The molecule has 0 spiro atoms. The Bertz CT molecular complexity index is 627. The van der Waals surface area contributed by atoms with Gasteiger partial charge >= 0.3 is 5.97 Å². The summed E-state index contributed by atoms with van der Waals surface area (Å²) < 4.78 is 22.2. The van der Waals surface area contributed by atoms with Gasteiger partial charge < -0.3 is 21.5 Å². The van der Waals surface area contributed by atoms with E-state index in [9.17, 15) is 18.0 Å². The van der Waals surface area contributed by atoms with Crippen LogP contribution in [0.1, 0.15) is 6.92 Å². The number of aliphatic carboxylic acids is 1. The van der Waals surface area contributed by atoms with E-state index in [1.54, 1.807) is 0 Å². The van der Waals surface area contributed by atoms with Gasteiger partial charge in [0.1, 0.15) is 0 Å². The molecule has 116 valence electrons. The van der Waals surface area contributed by atoms with Crippen molar-refractivity contribution in [1.82, 2.24) is 5.32 Å². The van der Waals surface area contributed by atoms with Crippen molar-refractivity contribution in [2.45, 2.75) is 24.0 Å². The quantitative estimate of drug-likeness (QED) is 0.403. The predicted molar refractivity (Wildman–Crippen MR) is 74.7 cm³/mol. The Morgan fingerprint density at radius 2 is 1.76 bits per heavy atom. The summed E-state index contributed by atoms with van der Waals surface area (Å²) in [6, 6.07) is 4.22. The lowest BCUT2D eigenvalue weighted by molar-refractivity contribution is -0.141. The van der Waals surface area contributed by atoms with Crippen LogP contribution in [0.5, 0.6) is 0 Å². The van der Waals surface area contributed by atoms with Crippen LogP contribution in [-0.2, 0) is 19.6 Å². The number of nitrogens with two attached hydrogens (primary N) is 2. The first-order valence-electron chi connectivity index (χ1n) is 5.79. The van der Waals surface area contributed by atoms with E-state index in [1.807, 2.05) is 0 Å². The molecule has 0 fully saturated rings. The molecule has 10 heteroatoms. The van der Waals surface area contributed by atoms with Gasteiger partial charge in [-0.1, -0.05) is 0 Å². The lowest BCUT2D eigenvalue weighted by Gasteiger charge is -2.18. The summed E-state index contributed by atoms with van der Waals surface area (Å²) in [5, 5.41) is 18.7. The Kier molecular flexibility index (Phi) is 5.24. The highest BCUT2D eigenvalue weighted by atomic mass is 32.2. The summed E-state index contributed by atoms with van der Waals surface area (Å²) in [4.78, 5) is 22.3. The molecule has 2 atom stereocenters. The molecule has 7 N–H and O–H groups in total. The van der Waals surface area contributed by atoms with Crippen LogP contribution in [0.4, 0.5) is 5.69 Å². The summed E-state index contributed by atoms with van der Waals surface area (Å²) in [6.07, 6.45) is -1.40. The number of rotatable bonds is 6. The van der Waals surface area contributed by atoms with E-state index in [2.05, 4.69) is 10.6 Å². The van der Waals surface area contributed by atoms with Crippen LogP contribution < -0.4 is 21.5 Å². The third-order valence-electron chi connectivity index (χ3n) is 2.44. The highest BCUT2D eigenvalue weighted by Gasteiger charge is 2.21. The summed E-state index contributed by atoms with van der Waals surface area (Å²) in [7, 11) is -3.82. The van der Waals surface area contributed by atoms with E-state index >= 15 is 0 Å². The predicted octanol–water partition coefficient (Wildman–Crippen LogP) is -1.38. The molecule has 1 amide bonds. The molecule has 0 saturated heterocycles. The molecule has 0 unspecified atom stereocenters. The van der Waals surface area contributed by atoms with Gasteiger partial charge in [-0.25, -0.2) is 18.4 Å². The zero-order valence-corrected chi connectivity index (χ0v) is 11.9. The van der Waals surface area contributed by atoms with Gasteiger partial charge in [-0.3, -0.25) is 4.79 Å². The number of carbonyl (C=O) groups is 2. The van der Waals surface area contributed by atoms with Crippen LogP contribution in [0.3, 0.4) is 0 Å². The smallest absolute Gasteiger partial charge is 0.347 e. The second-order valence-corrected chi connectivity index (χ2v) is 5.84. The second kappa shape index (κ2) is 6.52. The maximum atomic E-state index is 11.4. The standard InChI is InChI=1S/C11H16N4O5S/c1-6(12)10(16)15-9(11(17)18)14-7-2-4-8(5-3-7)21(13,19)20/h2-6,9,14H,12H2,1H3,(H,15,16)(H,17,18)(H2,13,19,20)/t6-,9-/m0/s1. The maximum Gasteiger partial charge on any atom is 0.347 e. The Labute approximate surface area is 121 Å². The minimum atomic E-state index is -3.82. The molecule has 0 bridgehead atoms. The number of amides is 1. The number of carboxylic acid groups (broad SMARTS) is 1. The summed E-state index contributed by atoms with van der Waals surface area (Å²) in [5.74, 6) is -1.96. The van der Waals surface area contributed by atoms with Gasteiger partial charge in [0.2, 0.25) is 15.9 Å². The first-order chi connectivity index (χ1) is 9.61. The molecule has 0 saturated carbocycles. The number of benzene rings is 1. The van der Waals surface area contributed by atoms with Crippen molar-refractivity contribution >= 4 is 27.6 Å². The molecule has 0 aliphatic rings. The van der Waals surface area contributed by atoms with Crippen molar-refractivity contribution in [3.8, 4) is 0 Å². The molecular weight excluding hydrogens is 300 g/mol. The molecule has 0 aliphatic heterocycles. The average molecular weight is 316 g/mol. The van der Waals surface area contributed by atoms with E-state index < -0.39 is 34.1 Å². The van der Waals surface area contributed by atoms with Crippen LogP contribution in [0, 0.1) is 0 Å². The van der Waals surface area contributed by atoms with Crippen molar-refractivity contribution < 1.29 is 23.1 Å². The lowest BCUT2D eigenvalue weighted by Crippen LogP contribution is -2.51. The Morgan fingerprint density at radius 3 is 2.14 bits per heavy atom. The summed E-state index contributed by atoms with van der Waals surface area (Å²) >= 11 is 0. The minimum Gasteiger partial charge on any atom is -0.478 e. The topological polar surface area (TPSA) is 165 Å². The minimum absolute atomic E-state index is 0.112. The van der Waals surface area contributed by atoms with Gasteiger partial charge in [0.15, 0.2) is 6.17 Å². The lowest BCUT2D eigenvalue weighted by atomic mass is 10.3. The fourth-order valence-corrected chi connectivity index (χ4v) is 1.86.